The second kappa shape index (κ2) is 3.78. The summed E-state index contributed by atoms with van der Waals surface area (Å²) in [5.74, 6) is -0.0689. The number of hydrogen-bond acceptors (Lipinski definition) is 2. The lowest BCUT2D eigenvalue weighted by molar-refractivity contribution is -0.113. The van der Waals surface area contributed by atoms with Crippen molar-refractivity contribution in [3.05, 3.63) is 24.9 Å². The van der Waals surface area contributed by atoms with Gasteiger partial charge in [-0.1, -0.05) is 13.2 Å². The maximum absolute atomic E-state index is 10.4. The van der Waals surface area contributed by atoms with E-state index in [9.17, 15) is 4.79 Å². The van der Waals surface area contributed by atoms with Crippen LogP contribution in [0.25, 0.3) is 0 Å². The molecule has 0 spiro atoms. The van der Waals surface area contributed by atoms with E-state index in [0.29, 0.717) is 5.57 Å². The minimum Gasteiger partial charge on any atom is -0.294 e. The molecule has 0 N–H and O–H groups in total. The molecule has 0 aromatic carbocycles. The van der Waals surface area contributed by atoms with E-state index in [1.807, 2.05) is 0 Å². The van der Waals surface area contributed by atoms with E-state index >= 15 is 0 Å². The van der Waals surface area contributed by atoms with E-state index in [-0.39, 0.29) is 5.78 Å². The van der Waals surface area contributed by atoms with Gasteiger partial charge in [-0.2, -0.15) is 0 Å². The minimum atomic E-state index is -0.0689. The summed E-state index contributed by atoms with van der Waals surface area (Å²) >= 11 is 0. The lowest BCUT2D eigenvalue weighted by Gasteiger charge is -1.85. The van der Waals surface area contributed by atoms with Crippen molar-refractivity contribution in [2.24, 2.45) is 4.99 Å². The summed E-state index contributed by atoms with van der Waals surface area (Å²) in [6, 6.07) is 0. The van der Waals surface area contributed by atoms with E-state index < -0.39 is 0 Å². The van der Waals surface area contributed by atoms with E-state index in [2.05, 4.69) is 18.2 Å². The molecule has 0 radical (unpaired) electrons. The second-order valence-corrected chi connectivity index (χ2v) is 1.54. The summed E-state index contributed by atoms with van der Waals surface area (Å²) in [5.41, 5.74) is 0.398. The predicted octanol–water partition coefficient (Wildman–Crippen LogP) is 1.35. The quantitative estimate of drug-likeness (QED) is 0.411. The third kappa shape index (κ3) is 3.41. The molecule has 0 fully saturated rings. The van der Waals surface area contributed by atoms with Gasteiger partial charge in [-0.15, -0.1) is 0 Å². The van der Waals surface area contributed by atoms with Crippen LogP contribution >= 0.6 is 0 Å². The number of carbonyl (C=O) groups is 1. The molecule has 0 aromatic heterocycles. The third-order valence-corrected chi connectivity index (χ3v) is 0.788. The maximum atomic E-state index is 10.4. The molecular formula is C7H9NO. The number of allylic oxidation sites excluding steroid dienone is 1. The number of nitrogens with zero attached hydrogens (tertiary/aromatic N) is 1. The Hall–Kier alpha value is -1.18. The Labute approximate surface area is 54.6 Å². The number of carbonyl (C=O) groups excluding carboxylic acids is 1. The number of Topliss-reactive ketones (excluding diaryl/α,β-unsaturated/α-hetero) is 1. The molecule has 0 atom stereocenters. The molecule has 0 unspecified atom stereocenters. The van der Waals surface area contributed by atoms with Gasteiger partial charge >= 0.3 is 0 Å². The van der Waals surface area contributed by atoms with Gasteiger partial charge in [0.05, 0.1) is 0 Å². The molecule has 9 heavy (non-hydrogen) atoms. The lowest BCUT2D eigenvalue weighted by Crippen LogP contribution is -1.94. The van der Waals surface area contributed by atoms with Crippen LogP contribution in [0.2, 0.25) is 0 Å². The maximum Gasteiger partial charge on any atom is 0.160 e. The zero-order chi connectivity index (χ0) is 7.28. The first-order chi connectivity index (χ1) is 4.18. The molecule has 0 rings (SSSR count). The average Bonchev–Trinajstić information content (AvgIpc) is 1.82. The normalized spacial score (nSPS) is 9.44. The number of ketones is 1. The Bertz CT molecular complexity index is 168. The first-order valence-electron chi connectivity index (χ1n) is 2.52. The largest absolute Gasteiger partial charge is 0.294 e. The van der Waals surface area contributed by atoms with Crippen molar-refractivity contribution in [2.75, 3.05) is 0 Å². The summed E-state index contributed by atoms with van der Waals surface area (Å²) in [6.45, 7) is 8.23. The lowest BCUT2D eigenvalue weighted by atomic mass is 10.2. The molecule has 0 heterocycles. The molecule has 0 aromatic rings. The SMILES string of the molecule is C=CN=CC(=C)C(C)=O. The summed E-state index contributed by atoms with van der Waals surface area (Å²) in [5, 5.41) is 0. The van der Waals surface area contributed by atoms with E-state index in [0.717, 1.165) is 0 Å². The van der Waals surface area contributed by atoms with Crippen molar-refractivity contribution < 1.29 is 4.79 Å². The summed E-state index contributed by atoms with van der Waals surface area (Å²) in [7, 11) is 0. The molecule has 0 amide bonds. The third-order valence-electron chi connectivity index (χ3n) is 0.788. The summed E-state index contributed by atoms with van der Waals surface area (Å²) < 4.78 is 0. The smallest absolute Gasteiger partial charge is 0.160 e. The zero-order valence-electron chi connectivity index (χ0n) is 5.42. The average molecular weight is 123 g/mol. The van der Waals surface area contributed by atoms with Crippen molar-refractivity contribution in [2.45, 2.75) is 6.92 Å². The highest BCUT2D eigenvalue weighted by atomic mass is 16.1. The fourth-order valence-electron chi connectivity index (χ4n) is 0.234. The molecule has 0 aliphatic carbocycles. The van der Waals surface area contributed by atoms with Gasteiger partial charge in [0.25, 0.3) is 0 Å². The Morgan fingerprint density at radius 3 is 2.56 bits per heavy atom. The van der Waals surface area contributed by atoms with Crippen LogP contribution in [-0.4, -0.2) is 12.0 Å². The summed E-state index contributed by atoms with van der Waals surface area (Å²) in [6.07, 6.45) is 2.74. The number of rotatable bonds is 3. The zero-order valence-corrected chi connectivity index (χ0v) is 5.42. The van der Waals surface area contributed by atoms with E-state index in [1.165, 1.54) is 19.3 Å². The molecular weight excluding hydrogens is 114 g/mol. The molecule has 2 nitrogen and oxygen atoms in total. The number of aliphatic imine (C=N–C) groups is 1. The van der Waals surface area contributed by atoms with Crippen LogP contribution in [0.5, 0.6) is 0 Å². The predicted molar refractivity (Wildman–Crippen MR) is 38.5 cm³/mol. The topological polar surface area (TPSA) is 29.4 Å². The highest BCUT2D eigenvalue weighted by Crippen LogP contribution is 1.85. The van der Waals surface area contributed by atoms with Crippen molar-refractivity contribution in [1.29, 1.82) is 0 Å². The monoisotopic (exact) mass is 123 g/mol. The minimum absolute atomic E-state index is 0.0689. The fourth-order valence-corrected chi connectivity index (χ4v) is 0.234. The van der Waals surface area contributed by atoms with Crippen LogP contribution in [-0.2, 0) is 4.79 Å². The van der Waals surface area contributed by atoms with Crippen molar-refractivity contribution in [3.8, 4) is 0 Å². The van der Waals surface area contributed by atoms with Crippen LogP contribution in [0, 0.1) is 0 Å². The van der Waals surface area contributed by atoms with Gasteiger partial charge in [-0.3, -0.25) is 9.79 Å². The molecule has 0 bridgehead atoms. The molecule has 0 aliphatic rings. The van der Waals surface area contributed by atoms with Gasteiger partial charge in [-0.05, 0) is 6.92 Å². The van der Waals surface area contributed by atoms with Crippen LogP contribution in [0.3, 0.4) is 0 Å². The van der Waals surface area contributed by atoms with Gasteiger partial charge in [0, 0.05) is 18.0 Å². The van der Waals surface area contributed by atoms with Crippen molar-refractivity contribution in [1.82, 2.24) is 0 Å². The van der Waals surface area contributed by atoms with E-state index in [1.54, 1.807) is 0 Å². The van der Waals surface area contributed by atoms with Crippen molar-refractivity contribution >= 4 is 12.0 Å². The molecule has 0 saturated heterocycles. The number of hydrogen-bond donors (Lipinski definition) is 0. The van der Waals surface area contributed by atoms with Gasteiger partial charge in [0.2, 0.25) is 0 Å². The van der Waals surface area contributed by atoms with E-state index in [4.69, 9.17) is 0 Å². The van der Waals surface area contributed by atoms with Gasteiger partial charge < -0.3 is 0 Å². The van der Waals surface area contributed by atoms with Gasteiger partial charge in [0.15, 0.2) is 5.78 Å². The van der Waals surface area contributed by atoms with Crippen molar-refractivity contribution in [3.63, 3.8) is 0 Å². The Morgan fingerprint density at radius 1 is 1.67 bits per heavy atom. The summed E-state index contributed by atoms with van der Waals surface area (Å²) in [4.78, 5) is 14.0. The standard InChI is InChI=1S/C7H9NO/c1-4-8-5-6(2)7(3)9/h4-5H,1-2H2,3H3. The molecule has 48 valence electrons. The molecule has 0 saturated carbocycles. The van der Waals surface area contributed by atoms with Crippen LogP contribution < -0.4 is 0 Å². The molecule has 2 heteroatoms. The highest BCUT2D eigenvalue weighted by molar-refractivity contribution is 6.11. The molecule has 0 aliphatic heterocycles. The van der Waals surface area contributed by atoms with Gasteiger partial charge in [0.1, 0.15) is 0 Å². The second-order valence-electron chi connectivity index (χ2n) is 1.54. The van der Waals surface area contributed by atoms with Crippen LogP contribution in [0.4, 0.5) is 0 Å². The Morgan fingerprint density at radius 2 is 2.22 bits per heavy atom. The Balaban J connectivity index is 3.92. The first kappa shape index (κ1) is 7.82. The Kier molecular flexibility index (Phi) is 3.28. The highest BCUT2D eigenvalue weighted by Gasteiger charge is 1.92. The van der Waals surface area contributed by atoms with Crippen LogP contribution in [0.1, 0.15) is 6.92 Å². The first-order valence-corrected chi connectivity index (χ1v) is 2.52. The van der Waals surface area contributed by atoms with Gasteiger partial charge in [-0.25, -0.2) is 0 Å². The van der Waals surface area contributed by atoms with Crippen LogP contribution in [0.15, 0.2) is 29.9 Å². The fraction of sp³-hybridized carbons (Fsp3) is 0.143.